The normalized spacial score (nSPS) is 12.5. The molecule has 1 aromatic rings. The van der Waals surface area contributed by atoms with E-state index in [1.807, 2.05) is 13.8 Å². The minimum absolute atomic E-state index is 0.0341. The van der Waals surface area contributed by atoms with E-state index in [1.165, 1.54) is 12.1 Å². The zero-order chi connectivity index (χ0) is 13.0. The number of hydrogen-bond donors (Lipinski definition) is 2. The molecule has 0 fully saturated rings. The smallest absolute Gasteiger partial charge is 0.270 e. The van der Waals surface area contributed by atoms with Crippen molar-refractivity contribution in [1.82, 2.24) is 0 Å². The number of nitrogens with zero attached hydrogens (tertiary/aromatic N) is 1. The van der Waals surface area contributed by atoms with Gasteiger partial charge in [0.25, 0.3) is 5.69 Å². The monoisotopic (exact) mass is 302 g/mol. The van der Waals surface area contributed by atoms with Crippen molar-refractivity contribution in [2.24, 2.45) is 5.92 Å². The number of hydrogen-bond acceptors (Lipinski definition) is 4. The number of nitro benzene ring substituents is 1. The Bertz CT molecular complexity index is 410. The van der Waals surface area contributed by atoms with E-state index in [4.69, 9.17) is 0 Å². The zero-order valence-corrected chi connectivity index (χ0v) is 11.3. The first-order chi connectivity index (χ1) is 7.91. The van der Waals surface area contributed by atoms with Crippen LogP contribution in [-0.2, 0) is 0 Å². The number of aliphatic hydroxyl groups excluding tert-OH is 1. The summed E-state index contributed by atoms with van der Waals surface area (Å²) < 4.78 is 0.614. The number of rotatable bonds is 5. The lowest BCUT2D eigenvalue weighted by Crippen LogP contribution is -2.24. The number of non-ortho nitro benzene ring substituents is 1. The fourth-order valence-corrected chi connectivity index (χ4v) is 1.72. The maximum atomic E-state index is 10.5. The van der Waals surface area contributed by atoms with Crippen molar-refractivity contribution in [3.63, 3.8) is 0 Å². The van der Waals surface area contributed by atoms with Crippen LogP contribution < -0.4 is 5.32 Å². The average molecular weight is 303 g/mol. The van der Waals surface area contributed by atoms with Crippen molar-refractivity contribution in [3.8, 4) is 0 Å². The molecule has 1 atom stereocenters. The third-order valence-electron chi connectivity index (χ3n) is 2.43. The predicted octanol–water partition coefficient (Wildman–Crippen LogP) is 2.79. The van der Waals surface area contributed by atoms with Crippen molar-refractivity contribution >= 4 is 27.3 Å². The molecule has 0 saturated carbocycles. The molecule has 2 N–H and O–H groups in total. The van der Waals surface area contributed by atoms with Gasteiger partial charge >= 0.3 is 0 Å². The number of aliphatic hydroxyl groups is 1. The minimum atomic E-state index is -0.447. The van der Waals surface area contributed by atoms with E-state index in [9.17, 15) is 15.2 Å². The molecule has 0 radical (unpaired) electrons. The minimum Gasteiger partial charge on any atom is -0.391 e. The van der Waals surface area contributed by atoms with Crippen LogP contribution >= 0.6 is 15.9 Å². The Morgan fingerprint density at radius 3 is 2.65 bits per heavy atom. The molecule has 0 bridgehead atoms. The highest BCUT2D eigenvalue weighted by molar-refractivity contribution is 9.10. The van der Waals surface area contributed by atoms with Gasteiger partial charge in [0.2, 0.25) is 0 Å². The summed E-state index contributed by atoms with van der Waals surface area (Å²) in [6.45, 7) is 4.27. The van der Waals surface area contributed by atoms with E-state index in [-0.39, 0.29) is 11.6 Å². The molecule has 1 rings (SSSR count). The molecule has 1 unspecified atom stereocenters. The Morgan fingerprint density at radius 2 is 2.18 bits per heavy atom. The zero-order valence-electron chi connectivity index (χ0n) is 9.68. The number of anilines is 1. The van der Waals surface area contributed by atoms with Crippen molar-refractivity contribution in [2.75, 3.05) is 11.9 Å². The molecular formula is C11H15BrN2O3. The maximum absolute atomic E-state index is 10.5. The van der Waals surface area contributed by atoms with E-state index >= 15 is 0 Å². The SMILES string of the molecule is CC(C)C(O)CNc1ccc([N+](=O)[O-])cc1Br. The van der Waals surface area contributed by atoms with Crippen LogP contribution in [0.2, 0.25) is 0 Å². The molecule has 0 aliphatic heterocycles. The molecule has 0 aliphatic rings. The summed E-state index contributed by atoms with van der Waals surface area (Å²) in [7, 11) is 0. The fourth-order valence-electron chi connectivity index (χ4n) is 1.21. The van der Waals surface area contributed by atoms with Crippen LogP contribution in [0.15, 0.2) is 22.7 Å². The molecule has 1 aromatic carbocycles. The third kappa shape index (κ3) is 3.98. The topological polar surface area (TPSA) is 75.4 Å². The molecule has 0 spiro atoms. The summed E-state index contributed by atoms with van der Waals surface area (Å²) >= 11 is 3.25. The van der Waals surface area contributed by atoms with Gasteiger partial charge in [-0.25, -0.2) is 0 Å². The van der Waals surface area contributed by atoms with Crippen LogP contribution in [0.5, 0.6) is 0 Å². The first-order valence-corrected chi connectivity index (χ1v) is 6.07. The largest absolute Gasteiger partial charge is 0.391 e. The summed E-state index contributed by atoms with van der Waals surface area (Å²) in [5.41, 5.74) is 0.766. The van der Waals surface area contributed by atoms with Gasteiger partial charge in [-0.3, -0.25) is 10.1 Å². The van der Waals surface area contributed by atoms with Crippen molar-refractivity contribution < 1.29 is 10.0 Å². The predicted molar refractivity (Wildman–Crippen MR) is 70.1 cm³/mol. The van der Waals surface area contributed by atoms with Crippen LogP contribution in [0.1, 0.15) is 13.8 Å². The highest BCUT2D eigenvalue weighted by Gasteiger charge is 2.12. The Hall–Kier alpha value is -1.14. The number of benzene rings is 1. The molecule has 5 nitrogen and oxygen atoms in total. The van der Waals surface area contributed by atoms with Crippen LogP contribution in [0.25, 0.3) is 0 Å². The Morgan fingerprint density at radius 1 is 1.53 bits per heavy atom. The van der Waals surface area contributed by atoms with E-state index in [1.54, 1.807) is 6.07 Å². The van der Waals surface area contributed by atoms with Gasteiger partial charge in [0.05, 0.1) is 11.0 Å². The van der Waals surface area contributed by atoms with Gasteiger partial charge in [-0.15, -0.1) is 0 Å². The van der Waals surface area contributed by atoms with E-state index in [0.717, 1.165) is 5.69 Å². The number of nitro groups is 1. The van der Waals surface area contributed by atoms with Crippen LogP contribution in [0.3, 0.4) is 0 Å². The Balaban J connectivity index is 2.70. The quantitative estimate of drug-likeness (QED) is 0.648. The molecule has 94 valence electrons. The lowest BCUT2D eigenvalue weighted by atomic mass is 10.1. The van der Waals surface area contributed by atoms with Crippen molar-refractivity contribution in [3.05, 3.63) is 32.8 Å². The molecule has 0 amide bonds. The maximum Gasteiger partial charge on any atom is 0.270 e. The summed E-state index contributed by atoms with van der Waals surface area (Å²) in [5.74, 6) is 0.166. The van der Waals surface area contributed by atoms with Gasteiger partial charge in [0.1, 0.15) is 0 Å². The first kappa shape index (κ1) is 13.9. The van der Waals surface area contributed by atoms with Crippen molar-refractivity contribution in [1.29, 1.82) is 0 Å². The highest BCUT2D eigenvalue weighted by Crippen LogP contribution is 2.27. The van der Waals surface area contributed by atoms with E-state index in [0.29, 0.717) is 11.0 Å². The first-order valence-electron chi connectivity index (χ1n) is 5.27. The van der Waals surface area contributed by atoms with Gasteiger partial charge < -0.3 is 10.4 Å². The summed E-state index contributed by atoms with van der Waals surface area (Å²) in [4.78, 5) is 10.1. The highest BCUT2D eigenvalue weighted by atomic mass is 79.9. The standard InChI is InChI=1S/C11H15BrN2O3/c1-7(2)11(15)6-13-10-4-3-8(14(16)17)5-9(10)12/h3-5,7,11,13,15H,6H2,1-2H3. The average Bonchev–Trinajstić information content (AvgIpc) is 2.26. The van der Waals surface area contributed by atoms with Gasteiger partial charge in [0.15, 0.2) is 0 Å². The van der Waals surface area contributed by atoms with Crippen LogP contribution in [-0.4, -0.2) is 22.7 Å². The van der Waals surface area contributed by atoms with E-state index < -0.39 is 11.0 Å². The van der Waals surface area contributed by atoms with Gasteiger partial charge in [-0.2, -0.15) is 0 Å². The fraction of sp³-hybridized carbons (Fsp3) is 0.455. The molecule has 0 aliphatic carbocycles. The number of nitrogens with one attached hydrogen (secondary N) is 1. The van der Waals surface area contributed by atoms with Crippen LogP contribution in [0.4, 0.5) is 11.4 Å². The van der Waals surface area contributed by atoms with Gasteiger partial charge in [-0.1, -0.05) is 13.8 Å². The van der Waals surface area contributed by atoms with Crippen LogP contribution in [0, 0.1) is 16.0 Å². The second kappa shape index (κ2) is 5.97. The molecule has 0 aromatic heterocycles. The Labute approximate surface area is 108 Å². The molecule has 17 heavy (non-hydrogen) atoms. The molecule has 6 heteroatoms. The van der Waals surface area contributed by atoms with Gasteiger partial charge in [-0.05, 0) is 27.9 Å². The third-order valence-corrected chi connectivity index (χ3v) is 3.09. The molecular weight excluding hydrogens is 288 g/mol. The lowest BCUT2D eigenvalue weighted by Gasteiger charge is -2.16. The van der Waals surface area contributed by atoms with E-state index in [2.05, 4.69) is 21.2 Å². The van der Waals surface area contributed by atoms with Crippen molar-refractivity contribution in [2.45, 2.75) is 20.0 Å². The second-order valence-electron chi connectivity index (χ2n) is 4.11. The summed E-state index contributed by atoms with van der Waals surface area (Å²) in [6, 6.07) is 4.48. The Kier molecular flexibility index (Phi) is 4.89. The lowest BCUT2D eigenvalue weighted by molar-refractivity contribution is -0.384. The second-order valence-corrected chi connectivity index (χ2v) is 4.97. The summed E-state index contributed by atoms with van der Waals surface area (Å²) in [6.07, 6.45) is -0.447. The summed E-state index contributed by atoms with van der Waals surface area (Å²) in [5, 5.41) is 23.2. The number of halogens is 1. The van der Waals surface area contributed by atoms with Gasteiger partial charge in [0, 0.05) is 28.8 Å². The molecule has 0 saturated heterocycles. The molecule has 0 heterocycles.